The van der Waals surface area contributed by atoms with Gasteiger partial charge in [0, 0.05) is 11.0 Å². The zero-order chi connectivity index (χ0) is 13.8. The van der Waals surface area contributed by atoms with E-state index in [4.69, 9.17) is 5.73 Å². The molecule has 0 aliphatic carbocycles. The fourth-order valence-electron chi connectivity index (χ4n) is 1.44. The molecule has 0 spiro atoms. The summed E-state index contributed by atoms with van der Waals surface area (Å²) in [6.07, 6.45) is 1.55. The second-order valence-electron chi connectivity index (χ2n) is 3.87. The third-order valence-corrected chi connectivity index (χ3v) is 3.23. The number of nitrogens with zero attached hydrogens (tertiary/aromatic N) is 4. The summed E-state index contributed by atoms with van der Waals surface area (Å²) in [7, 11) is 0. The van der Waals surface area contributed by atoms with Crippen LogP contribution in [0.4, 0.5) is 5.82 Å². The van der Waals surface area contributed by atoms with Crippen LogP contribution >= 0.6 is 15.9 Å². The molecule has 0 unspecified atom stereocenters. The van der Waals surface area contributed by atoms with Gasteiger partial charge in [-0.1, -0.05) is 5.21 Å². The van der Waals surface area contributed by atoms with Crippen molar-refractivity contribution in [3.63, 3.8) is 0 Å². The van der Waals surface area contributed by atoms with Crippen molar-refractivity contribution >= 4 is 27.7 Å². The number of anilines is 1. The van der Waals surface area contributed by atoms with E-state index in [0.29, 0.717) is 18.9 Å². The highest BCUT2D eigenvalue weighted by Gasteiger charge is 2.11. The van der Waals surface area contributed by atoms with E-state index in [1.807, 2.05) is 13.0 Å². The van der Waals surface area contributed by atoms with Gasteiger partial charge < -0.3 is 11.1 Å². The van der Waals surface area contributed by atoms with Crippen molar-refractivity contribution < 1.29 is 4.79 Å². The van der Waals surface area contributed by atoms with E-state index in [9.17, 15) is 4.79 Å². The zero-order valence-electron chi connectivity index (χ0n) is 10.3. The first kappa shape index (κ1) is 13.6. The Kier molecular flexibility index (Phi) is 4.23. The molecule has 0 saturated carbocycles. The lowest BCUT2D eigenvalue weighted by Gasteiger charge is -2.04. The molecule has 1 amide bonds. The predicted octanol–water partition coefficient (Wildman–Crippen LogP) is 0.955. The summed E-state index contributed by atoms with van der Waals surface area (Å²) in [5, 5.41) is 10.2. The fourth-order valence-corrected chi connectivity index (χ4v) is 1.66. The number of amides is 1. The molecule has 7 nitrogen and oxygen atoms in total. The van der Waals surface area contributed by atoms with E-state index >= 15 is 0 Å². The van der Waals surface area contributed by atoms with Crippen LogP contribution in [0.5, 0.6) is 0 Å². The molecule has 2 aromatic rings. The van der Waals surface area contributed by atoms with Crippen LogP contribution in [0.3, 0.4) is 0 Å². The first-order valence-electron chi connectivity index (χ1n) is 5.65. The van der Waals surface area contributed by atoms with Gasteiger partial charge in [0.25, 0.3) is 5.91 Å². The normalized spacial score (nSPS) is 10.5. The average Bonchev–Trinajstić information content (AvgIpc) is 2.83. The van der Waals surface area contributed by atoms with Crippen molar-refractivity contribution in [1.82, 2.24) is 20.0 Å². The highest BCUT2D eigenvalue weighted by atomic mass is 79.9. The van der Waals surface area contributed by atoms with Gasteiger partial charge in [0.1, 0.15) is 5.82 Å². The van der Waals surface area contributed by atoms with E-state index in [0.717, 1.165) is 10.2 Å². The summed E-state index contributed by atoms with van der Waals surface area (Å²) in [6, 6.07) is 3.53. The van der Waals surface area contributed by atoms with Crippen molar-refractivity contribution in [2.45, 2.75) is 13.5 Å². The van der Waals surface area contributed by atoms with Crippen molar-refractivity contribution in [3.05, 3.63) is 34.2 Å². The monoisotopic (exact) mass is 324 g/mol. The number of halogens is 1. The van der Waals surface area contributed by atoms with Gasteiger partial charge in [-0.25, -0.2) is 4.98 Å². The molecule has 0 bridgehead atoms. The molecule has 0 fully saturated rings. The number of rotatable bonds is 4. The smallest absolute Gasteiger partial charge is 0.278 e. The molecule has 19 heavy (non-hydrogen) atoms. The third-order valence-electron chi connectivity index (χ3n) is 2.39. The zero-order valence-corrected chi connectivity index (χ0v) is 11.9. The lowest BCUT2D eigenvalue weighted by molar-refractivity contribution is 0.102. The second-order valence-corrected chi connectivity index (χ2v) is 4.73. The summed E-state index contributed by atoms with van der Waals surface area (Å²) in [5.74, 6) is 0.122. The highest BCUT2D eigenvalue weighted by Crippen LogP contribution is 2.16. The number of pyridine rings is 1. The van der Waals surface area contributed by atoms with E-state index in [1.165, 1.54) is 4.68 Å². The Morgan fingerprint density at radius 3 is 3.00 bits per heavy atom. The molecule has 0 aliphatic heterocycles. The Morgan fingerprint density at radius 1 is 1.53 bits per heavy atom. The molecular formula is C11H13BrN6O. The van der Waals surface area contributed by atoms with Crippen LogP contribution in [-0.2, 0) is 6.54 Å². The maximum Gasteiger partial charge on any atom is 0.278 e. The Balaban J connectivity index is 2.09. The maximum atomic E-state index is 11.9. The third kappa shape index (κ3) is 3.36. The molecule has 8 heteroatoms. The Bertz CT molecular complexity index is 597. The van der Waals surface area contributed by atoms with Crippen LogP contribution in [0, 0.1) is 6.92 Å². The molecule has 2 aromatic heterocycles. The Labute approximate surface area is 118 Å². The van der Waals surface area contributed by atoms with E-state index in [-0.39, 0.29) is 11.6 Å². The summed E-state index contributed by atoms with van der Waals surface area (Å²) >= 11 is 3.35. The summed E-state index contributed by atoms with van der Waals surface area (Å²) < 4.78 is 2.41. The van der Waals surface area contributed by atoms with E-state index in [1.54, 1.807) is 12.3 Å². The summed E-state index contributed by atoms with van der Waals surface area (Å²) in [6.45, 7) is 2.81. The highest BCUT2D eigenvalue weighted by molar-refractivity contribution is 9.10. The fraction of sp³-hybridized carbons (Fsp3) is 0.273. The number of aryl methyl sites for hydroxylation is 1. The number of nitrogens with two attached hydrogens (primary N) is 1. The summed E-state index contributed by atoms with van der Waals surface area (Å²) in [4.78, 5) is 16.1. The molecule has 0 aliphatic rings. The van der Waals surface area contributed by atoms with Gasteiger partial charge in [-0.3, -0.25) is 9.48 Å². The number of hydrogen-bond acceptors (Lipinski definition) is 5. The van der Waals surface area contributed by atoms with Crippen LogP contribution in [0.1, 0.15) is 16.2 Å². The average molecular weight is 325 g/mol. The van der Waals surface area contributed by atoms with Crippen LogP contribution in [0.25, 0.3) is 0 Å². The van der Waals surface area contributed by atoms with Gasteiger partial charge in [0.15, 0.2) is 5.69 Å². The number of carbonyl (C=O) groups is 1. The van der Waals surface area contributed by atoms with Gasteiger partial charge in [0.2, 0.25) is 0 Å². The number of nitrogens with one attached hydrogen (secondary N) is 1. The number of aromatic nitrogens is 4. The first-order valence-corrected chi connectivity index (χ1v) is 6.44. The minimum Gasteiger partial charge on any atom is -0.329 e. The minimum atomic E-state index is -0.350. The van der Waals surface area contributed by atoms with Crippen LogP contribution in [0.2, 0.25) is 0 Å². The van der Waals surface area contributed by atoms with E-state index in [2.05, 4.69) is 36.5 Å². The minimum absolute atomic E-state index is 0.232. The second kappa shape index (κ2) is 5.89. The molecule has 0 atom stereocenters. The van der Waals surface area contributed by atoms with Crippen LogP contribution in [0.15, 0.2) is 22.8 Å². The van der Waals surface area contributed by atoms with Gasteiger partial charge >= 0.3 is 0 Å². The van der Waals surface area contributed by atoms with Crippen LogP contribution < -0.4 is 11.1 Å². The molecule has 0 saturated heterocycles. The topological polar surface area (TPSA) is 98.7 Å². The molecule has 2 rings (SSSR count). The largest absolute Gasteiger partial charge is 0.329 e. The molecule has 0 aromatic carbocycles. The molecular weight excluding hydrogens is 312 g/mol. The predicted molar refractivity (Wildman–Crippen MR) is 73.7 cm³/mol. The van der Waals surface area contributed by atoms with Gasteiger partial charge in [-0.2, -0.15) is 0 Å². The van der Waals surface area contributed by atoms with Crippen LogP contribution in [-0.4, -0.2) is 32.4 Å². The van der Waals surface area contributed by atoms with Crippen molar-refractivity contribution in [3.8, 4) is 0 Å². The van der Waals surface area contributed by atoms with Crippen molar-refractivity contribution in [1.29, 1.82) is 0 Å². The maximum absolute atomic E-state index is 11.9. The summed E-state index contributed by atoms with van der Waals surface area (Å²) in [5.41, 5.74) is 6.42. The van der Waals surface area contributed by atoms with Crippen molar-refractivity contribution in [2.24, 2.45) is 5.73 Å². The van der Waals surface area contributed by atoms with E-state index < -0.39 is 0 Å². The van der Waals surface area contributed by atoms with Crippen molar-refractivity contribution in [2.75, 3.05) is 11.9 Å². The van der Waals surface area contributed by atoms with Gasteiger partial charge in [0.05, 0.1) is 18.4 Å². The number of hydrogen-bond donors (Lipinski definition) is 2. The Hall–Kier alpha value is -1.80. The molecule has 0 radical (unpaired) electrons. The Morgan fingerprint density at radius 2 is 2.32 bits per heavy atom. The quantitative estimate of drug-likeness (QED) is 0.872. The van der Waals surface area contributed by atoms with Gasteiger partial charge in [-0.05, 0) is 35.0 Å². The molecule has 100 valence electrons. The standard InChI is InChI=1S/C11H13BrN6O/c1-7-8(12)2-3-10(14-7)15-11(19)9-6-18(5-4-13)17-16-9/h2-3,6H,4-5,13H2,1H3,(H,14,15,19). The first-order chi connectivity index (χ1) is 9.10. The SMILES string of the molecule is Cc1nc(NC(=O)c2cn(CCN)nn2)ccc1Br. The van der Waals surface area contributed by atoms with Gasteiger partial charge in [-0.15, -0.1) is 5.10 Å². The lowest BCUT2D eigenvalue weighted by atomic mass is 10.3. The molecule has 2 heterocycles. The number of carbonyl (C=O) groups excluding carboxylic acids is 1. The molecule has 3 N–H and O–H groups in total. The lowest BCUT2D eigenvalue weighted by Crippen LogP contribution is -2.14.